The fourth-order valence-electron chi connectivity index (χ4n) is 3.33. The molecule has 5 nitrogen and oxygen atoms in total. The van der Waals surface area contributed by atoms with Gasteiger partial charge in [0, 0.05) is 37.0 Å². The largest absolute Gasteiger partial charge is 0.489 e. The molecule has 3 aromatic rings. The number of amides is 1. The van der Waals surface area contributed by atoms with Gasteiger partial charge < -0.3 is 14.1 Å². The summed E-state index contributed by atoms with van der Waals surface area (Å²) in [6.07, 6.45) is 0.593. The van der Waals surface area contributed by atoms with Crippen molar-refractivity contribution < 1.29 is 13.9 Å². The van der Waals surface area contributed by atoms with E-state index < -0.39 is 5.63 Å². The van der Waals surface area contributed by atoms with Crippen LogP contribution in [0.3, 0.4) is 0 Å². The van der Waals surface area contributed by atoms with Gasteiger partial charge in [-0.25, -0.2) is 4.79 Å². The van der Waals surface area contributed by atoms with Crippen molar-refractivity contribution in [3.05, 3.63) is 87.8 Å². The molecule has 1 amide bonds. The zero-order valence-corrected chi connectivity index (χ0v) is 17.7. The van der Waals surface area contributed by atoms with E-state index in [1.54, 1.807) is 18.0 Å². The van der Waals surface area contributed by atoms with Crippen molar-refractivity contribution in [2.75, 3.05) is 13.7 Å². The Hall–Kier alpha value is -3.34. The molecule has 0 saturated heterocycles. The Bertz CT molecular complexity index is 1120. The molecule has 156 valence electrons. The Kier molecular flexibility index (Phi) is 6.72. The highest BCUT2D eigenvalue weighted by Gasteiger charge is 2.15. The molecule has 0 atom stereocenters. The normalized spacial score (nSPS) is 10.8. The topological polar surface area (TPSA) is 59.8 Å². The number of nitrogens with zero attached hydrogens (tertiary/aromatic N) is 1. The zero-order valence-electron chi connectivity index (χ0n) is 17.7. The molecular formula is C25H27NO4. The molecule has 0 aliphatic heterocycles. The Morgan fingerprint density at radius 2 is 1.90 bits per heavy atom. The van der Waals surface area contributed by atoms with E-state index in [0.717, 1.165) is 22.1 Å². The van der Waals surface area contributed by atoms with E-state index in [1.165, 1.54) is 0 Å². The van der Waals surface area contributed by atoms with E-state index in [2.05, 4.69) is 6.58 Å². The van der Waals surface area contributed by atoms with Gasteiger partial charge in [0.25, 0.3) is 0 Å². The van der Waals surface area contributed by atoms with Crippen LogP contribution in [-0.2, 0) is 17.8 Å². The average molecular weight is 405 g/mol. The lowest BCUT2D eigenvalue weighted by atomic mass is 10.0. The van der Waals surface area contributed by atoms with Crippen LogP contribution in [0.2, 0.25) is 0 Å². The van der Waals surface area contributed by atoms with E-state index >= 15 is 0 Å². The number of aryl methyl sites for hydroxylation is 1. The molecule has 0 saturated carbocycles. The number of ether oxygens (including phenoxy) is 1. The Labute approximate surface area is 176 Å². The van der Waals surface area contributed by atoms with Gasteiger partial charge in [0.05, 0.1) is 0 Å². The van der Waals surface area contributed by atoms with Crippen LogP contribution in [0.5, 0.6) is 5.75 Å². The summed E-state index contributed by atoms with van der Waals surface area (Å²) >= 11 is 0. The molecule has 0 spiro atoms. The number of hydrogen-bond donors (Lipinski definition) is 0. The van der Waals surface area contributed by atoms with Crippen molar-refractivity contribution in [1.82, 2.24) is 4.90 Å². The number of carbonyl (C=O) groups excluding carboxylic acids is 1. The van der Waals surface area contributed by atoms with Crippen LogP contribution in [0, 0.1) is 6.92 Å². The summed E-state index contributed by atoms with van der Waals surface area (Å²) in [6, 6.07) is 15.3. The third-order valence-corrected chi connectivity index (χ3v) is 5.02. The molecule has 30 heavy (non-hydrogen) atoms. The quantitative estimate of drug-likeness (QED) is 0.404. The Morgan fingerprint density at radius 3 is 2.60 bits per heavy atom. The minimum atomic E-state index is -0.407. The van der Waals surface area contributed by atoms with E-state index in [-0.39, 0.29) is 12.3 Å². The van der Waals surface area contributed by atoms with Gasteiger partial charge in [0.15, 0.2) is 0 Å². The van der Waals surface area contributed by atoms with Gasteiger partial charge in [0.2, 0.25) is 5.91 Å². The van der Waals surface area contributed by atoms with Gasteiger partial charge in [-0.15, -0.1) is 0 Å². The second-order valence-electron chi connectivity index (χ2n) is 7.63. The summed E-state index contributed by atoms with van der Waals surface area (Å²) in [7, 11) is 1.78. The lowest BCUT2D eigenvalue weighted by molar-refractivity contribution is -0.130. The van der Waals surface area contributed by atoms with Gasteiger partial charge in [0.1, 0.15) is 17.9 Å². The molecule has 0 bridgehead atoms. The maximum Gasteiger partial charge on any atom is 0.339 e. The molecule has 1 heterocycles. The van der Waals surface area contributed by atoms with Crippen molar-refractivity contribution in [1.29, 1.82) is 0 Å². The molecular weight excluding hydrogens is 378 g/mol. The highest BCUT2D eigenvalue weighted by atomic mass is 16.5. The molecule has 3 rings (SSSR count). The Morgan fingerprint density at radius 1 is 1.17 bits per heavy atom. The third kappa shape index (κ3) is 5.17. The van der Waals surface area contributed by atoms with E-state index in [0.29, 0.717) is 36.5 Å². The molecule has 0 unspecified atom stereocenters. The summed E-state index contributed by atoms with van der Waals surface area (Å²) in [5.41, 5.74) is 3.43. The smallest absolute Gasteiger partial charge is 0.339 e. The summed E-state index contributed by atoms with van der Waals surface area (Å²) < 4.78 is 11.2. The minimum absolute atomic E-state index is 0.0127. The fourth-order valence-corrected chi connectivity index (χ4v) is 3.33. The van der Waals surface area contributed by atoms with E-state index in [4.69, 9.17) is 9.15 Å². The van der Waals surface area contributed by atoms with Crippen LogP contribution >= 0.6 is 0 Å². The van der Waals surface area contributed by atoms with Crippen molar-refractivity contribution in [3.8, 4) is 5.75 Å². The molecule has 0 fully saturated rings. The first kappa shape index (κ1) is 21.4. The highest BCUT2D eigenvalue weighted by Crippen LogP contribution is 2.25. The van der Waals surface area contributed by atoms with Gasteiger partial charge >= 0.3 is 5.63 Å². The molecule has 1 aromatic heterocycles. The van der Waals surface area contributed by atoms with Crippen molar-refractivity contribution in [2.24, 2.45) is 0 Å². The summed E-state index contributed by atoms with van der Waals surface area (Å²) in [6.45, 7) is 8.54. The predicted octanol–water partition coefficient (Wildman–Crippen LogP) is 4.65. The van der Waals surface area contributed by atoms with Crippen molar-refractivity contribution in [2.45, 2.75) is 33.2 Å². The fraction of sp³-hybridized carbons (Fsp3) is 0.280. The van der Waals surface area contributed by atoms with Gasteiger partial charge in [-0.1, -0.05) is 36.9 Å². The number of carbonyl (C=O) groups is 1. The number of hydrogen-bond acceptors (Lipinski definition) is 4. The van der Waals surface area contributed by atoms with Crippen LogP contribution in [0.25, 0.3) is 11.0 Å². The number of rotatable bonds is 8. The predicted molar refractivity (Wildman–Crippen MR) is 119 cm³/mol. The van der Waals surface area contributed by atoms with Gasteiger partial charge in [-0.05, 0) is 49.1 Å². The highest BCUT2D eigenvalue weighted by molar-refractivity contribution is 5.82. The minimum Gasteiger partial charge on any atom is -0.489 e. The second kappa shape index (κ2) is 9.44. The zero-order chi connectivity index (χ0) is 21.7. The molecule has 5 heteroatoms. The third-order valence-electron chi connectivity index (χ3n) is 5.02. The molecule has 0 aliphatic rings. The molecule has 0 radical (unpaired) electrons. The lowest BCUT2D eigenvalue weighted by Crippen LogP contribution is -2.27. The first-order chi connectivity index (χ1) is 14.3. The van der Waals surface area contributed by atoms with E-state index in [9.17, 15) is 9.59 Å². The number of fused-ring (bicyclic) bond motifs is 1. The number of benzene rings is 2. The lowest BCUT2D eigenvalue weighted by Gasteiger charge is -2.17. The van der Waals surface area contributed by atoms with Crippen molar-refractivity contribution >= 4 is 16.9 Å². The summed E-state index contributed by atoms with van der Waals surface area (Å²) in [5, 5.41) is 0.845. The van der Waals surface area contributed by atoms with Crippen LogP contribution in [0.15, 0.2) is 69.9 Å². The van der Waals surface area contributed by atoms with Crippen LogP contribution < -0.4 is 10.4 Å². The monoisotopic (exact) mass is 405 g/mol. The SMILES string of the molecule is C=C(C)COc1ccc2c(C)c(CCC(=O)N(C)Cc3ccccc3)c(=O)oc2c1. The van der Waals surface area contributed by atoms with E-state index in [1.807, 2.05) is 56.3 Å². The van der Waals surface area contributed by atoms with Crippen LogP contribution in [0.1, 0.15) is 30.0 Å². The molecule has 0 N–H and O–H groups in total. The molecule has 2 aromatic carbocycles. The summed E-state index contributed by atoms with van der Waals surface area (Å²) in [4.78, 5) is 26.8. The maximum absolute atomic E-state index is 12.6. The van der Waals surface area contributed by atoms with Gasteiger partial charge in [-0.2, -0.15) is 0 Å². The maximum atomic E-state index is 12.6. The van der Waals surface area contributed by atoms with Gasteiger partial charge in [-0.3, -0.25) is 4.79 Å². The standard InChI is InChI=1S/C25H27NO4/c1-17(2)16-29-20-10-11-21-18(3)22(25(28)30-23(21)14-20)12-13-24(27)26(4)15-19-8-6-5-7-9-19/h5-11,14H,1,12-13,15-16H2,2-4H3. The van der Waals surface area contributed by atoms with Crippen LogP contribution in [-0.4, -0.2) is 24.5 Å². The average Bonchev–Trinajstić information content (AvgIpc) is 2.72. The van der Waals surface area contributed by atoms with Crippen LogP contribution in [0.4, 0.5) is 0 Å². The molecule has 0 aliphatic carbocycles. The summed E-state index contributed by atoms with van der Waals surface area (Å²) in [5.74, 6) is 0.611. The second-order valence-corrected chi connectivity index (χ2v) is 7.63. The Balaban J connectivity index is 1.72. The van der Waals surface area contributed by atoms with Crippen molar-refractivity contribution in [3.63, 3.8) is 0 Å². The first-order valence-corrected chi connectivity index (χ1v) is 9.96. The first-order valence-electron chi connectivity index (χ1n) is 9.96.